The van der Waals surface area contributed by atoms with Crippen LogP contribution in [0.1, 0.15) is 23.9 Å². The number of rotatable bonds is 10. The van der Waals surface area contributed by atoms with Crippen LogP contribution in [-0.4, -0.2) is 72.7 Å². The maximum atomic E-state index is 16.1. The Bertz CT molecular complexity index is 1870. The van der Waals surface area contributed by atoms with Crippen LogP contribution in [0.3, 0.4) is 0 Å². The van der Waals surface area contributed by atoms with E-state index in [0.717, 1.165) is 41.8 Å². The number of aliphatic hydroxyl groups is 2. The van der Waals surface area contributed by atoms with Crippen LogP contribution in [0.2, 0.25) is 0 Å². The van der Waals surface area contributed by atoms with Crippen molar-refractivity contribution in [1.82, 2.24) is 30.2 Å². The highest BCUT2D eigenvalue weighted by Crippen LogP contribution is 2.47. The molecule has 3 aromatic heterocycles. The Morgan fingerprint density at radius 2 is 1.39 bits per heavy atom. The molecule has 1 unspecified atom stereocenters. The molecule has 2 aromatic carbocycles. The number of anilines is 2. The van der Waals surface area contributed by atoms with Crippen molar-refractivity contribution in [3.8, 4) is 11.1 Å². The molecule has 0 saturated carbocycles. The Labute approximate surface area is 276 Å². The van der Waals surface area contributed by atoms with Gasteiger partial charge >= 0.3 is 11.8 Å². The molecule has 1 fully saturated rings. The van der Waals surface area contributed by atoms with Crippen molar-refractivity contribution >= 4 is 11.4 Å². The quantitative estimate of drug-likeness (QED) is 0.199. The fraction of sp³-hybridized carbons (Fsp3) is 0.303. The number of hydrogen-bond donors (Lipinski definition) is 2. The van der Waals surface area contributed by atoms with E-state index in [1.165, 1.54) is 24.5 Å². The van der Waals surface area contributed by atoms with Crippen molar-refractivity contribution in [2.75, 3.05) is 36.0 Å². The molecule has 1 saturated heterocycles. The lowest BCUT2D eigenvalue weighted by Crippen LogP contribution is -2.48. The molecular weight excluding hydrogens is 654 g/mol. The first-order valence-electron chi connectivity index (χ1n) is 15.2. The third-order valence-corrected chi connectivity index (χ3v) is 8.59. The fourth-order valence-electron chi connectivity index (χ4n) is 5.70. The maximum Gasteiger partial charge on any atom is 0.323 e. The van der Waals surface area contributed by atoms with Crippen LogP contribution in [0.15, 0.2) is 85.5 Å². The smallest absolute Gasteiger partial charge is 0.323 e. The van der Waals surface area contributed by atoms with E-state index >= 15 is 8.78 Å². The molecule has 49 heavy (non-hydrogen) atoms. The van der Waals surface area contributed by atoms with Gasteiger partial charge in [-0.2, -0.15) is 17.6 Å². The molecule has 16 heteroatoms. The summed E-state index contributed by atoms with van der Waals surface area (Å²) in [5, 5.41) is 31.0. The van der Waals surface area contributed by atoms with Gasteiger partial charge in [0.05, 0.1) is 18.4 Å². The summed E-state index contributed by atoms with van der Waals surface area (Å²) in [5.74, 6) is -10.00. The van der Waals surface area contributed by atoms with Crippen LogP contribution in [0.4, 0.5) is 37.7 Å². The number of nitrogens with zero attached hydrogens (tertiary/aromatic N) is 8. The summed E-state index contributed by atoms with van der Waals surface area (Å²) >= 11 is 0. The molecule has 5 aromatic rings. The number of tetrazole rings is 1. The summed E-state index contributed by atoms with van der Waals surface area (Å²) < 4.78 is 89.5. The van der Waals surface area contributed by atoms with E-state index in [2.05, 4.69) is 30.4 Å². The Morgan fingerprint density at radius 3 is 1.94 bits per heavy atom. The first-order valence-corrected chi connectivity index (χ1v) is 15.2. The molecule has 0 radical (unpaired) electrons. The molecule has 1 aliphatic heterocycles. The van der Waals surface area contributed by atoms with Crippen LogP contribution in [0.5, 0.6) is 0 Å². The molecule has 0 aliphatic carbocycles. The minimum Gasteiger partial charge on any atom is -0.387 e. The van der Waals surface area contributed by atoms with Crippen molar-refractivity contribution in [2.45, 2.75) is 37.0 Å². The van der Waals surface area contributed by atoms with Crippen molar-refractivity contribution in [2.24, 2.45) is 0 Å². The van der Waals surface area contributed by atoms with E-state index in [9.17, 15) is 27.8 Å². The van der Waals surface area contributed by atoms with E-state index in [4.69, 9.17) is 0 Å². The SMILES string of the molecule is CC(O)C(F)(F)c1ccc(N2CCN(c3ccc(-c4ccc(C(F)(F)[C@](O)(Cn5cnnn5)c5ccc(F)cc5F)nc4)cc3)CC2)cn1. The first-order chi connectivity index (χ1) is 23.3. The average molecular weight is 685 g/mol. The molecule has 6 rings (SSSR count). The maximum absolute atomic E-state index is 16.1. The number of halogens is 6. The Morgan fingerprint density at radius 1 is 0.776 bits per heavy atom. The summed E-state index contributed by atoms with van der Waals surface area (Å²) in [4.78, 5) is 12.0. The van der Waals surface area contributed by atoms with Crippen LogP contribution in [-0.2, 0) is 24.0 Å². The minimum atomic E-state index is -4.18. The molecule has 2 N–H and O–H groups in total. The zero-order valence-corrected chi connectivity index (χ0v) is 25.9. The molecular formula is C33H30F6N8O2. The molecule has 4 heterocycles. The van der Waals surface area contributed by atoms with Gasteiger partial charge in [-0.1, -0.05) is 18.2 Å². The van der Waals surface area contributed by atoms with Gasteiger partial charge in [0, 0.05) is 55.3 Å². The molecule has 0 spiro atoms. The third kappa shape index (κ3) is 6.53. The van der Waals surface area contributed by atoms with Crippen LogP contribution >= 0.6 is 0 Å². The zero-order valence-electron chi connectivity index (χ0n) is 25.9. The third-order valence-electron chi connectivity index (χ3n) is 8.59. The van der Waals surface area contributed by atoms with Crippen molar-refractivity contribution in [3.63, 3.8) is 0 Å². The van der Waals surface area contributed by atoms with E-state index in [1.807, 2.05) is 29.2 Å². The fourth-order valence-corrected chi connectivity index (χ4v) is 5.70. The zero-order chi connectivity index (χ0) is 35.0. The second-order valence-electron chi connectivity index (χ2n) is 11.7. The van der Waals surface area contributed by atoms with Gasteiger partial charge in [-0.3, -0.25) is 9.97 Å². The number of alkyl halides is 4. The second-order valence-corrected chi connectivity index (χ2v) is 11.7. The monoisotopic (exact) mass is 684 g/mol. The van der Waals surface area contributed by atoms with Gasteiger partial charge in [0.25, 0.3) is 0 Å². The van der Waals surface area contributed by atoms with E-state index in [-0.39, 0.29) is 0 Å². The van der Waals surface area contributed by atoms with Gasteiger partial charge in [0.1, 0.15) is 35.5 Å². The summed E-state index contributed by atoms with van der Waals surface area (Å²) in [7, 11) is 0. The number of benzene rings is 2. The van der Waals surface area contributed by atoms with E-state index in [1.54, 1.807) is 6.07 Å². The lowest BCUT2D eigenvalue weighted by molar-refractivity contribution is -0.207. The molecule has 10 nitrogen and oxygen atoms in total. The highest BCUT2D eigenvalue weighted by atomic mass is 19.3. The van der Waals surface area contributed by atoms with Gasteiger partial charge in [0.2, 0.25) is 0 Å². The van der Waals surface area contributed by atoms with Gasteiger partial charge in [-0.05, 0) is 65.4 Å². The second kappa shape index (κ2) is 13.1. The lowest BCUT2D eigenvalue weighted by atomic mass is 9.84. The van der Waals surface area contributed by atoms with Crippen molar-refractivity contribution < 1.29 is 36.6 Å². The highest BCUT2D eigenvalue weighted by Gasteiger charge is 2.58. The summed E-state index contributed by atoms with van der Waals surface area (Å²) in [6, 6.07) is 14.5. The average Bonchev–Trinajstić information content (AvgIpc) is 3.61. The summed E-state index contributed by atoms with van der Waals surface area (Å²) in [5.41, 5.74) is -2.66. The number of aliphatic hydroxyl groups excluding tert-OH is 1. The molecule has 0 amide bonds. The summed E-state index contributed by atoms with van der Waals surface area (Å²) in [6.45, 7) is 2.55. The lowest BCUT2D eigenvalue weighted by Gasteiger charge is -2.37. The predicted molar refractivity (Wildman–Crippen MR) is 166 cm³/mol. The van der Waals surface area contributed by atoms with E-state index in [0.29, 0.717) is 49.1 Å². The molecule has 1 aliphatic rings. The Hall–Kier alpha value is -5.09. The van der Waals surface area contributed by atoms with Gasteiger partial charge < -0.3 is 20.0 Å². The Kier molecular flexibility index (Phi) is 9.02. The number of hydrogen-bond acceptors (Lipinski definition) is 9. The number of aromatic nitrogens is 6. The van der Waals surface area contributed by atoms with Crippen LogP contribution < -0.4 is 9.80 Å². The predicted octanol–water partition coefficient (Wildman–Crippen LogP) is 4.89. The van der Waals surface area contributed by atoms with Crippen molar-refractivity contribution in [1.29, 1.82) is 0 Å². The first kappa shape index (κ1) is 33.8. The molecule has 256 valence electrons. The van der Waals surface area contributed by atoms with E-state index < -0.39 is 58.7 Å². The van der Waals surface area contributed by atoms with Gasteiger partial charge in [-0.15, -0.1) is 5.10 Å². The largest absolute Gasteiger partial charge is 0.387 e. The summed E-state index contributed by atoms with van der Waals surface area (Å²) in [6.07, 6.45) is 1.71. The van der Waals surface area contributed by atoms with Gasteiger partial charge in [-0.25, -0.2) is 13.5 Å². The van der Waals surface area contributed by atoms with Crippen molar-refractivity contribution in [3.05, 3.63) is 114 Å². The Balaban J connectivity index is 1.14. The van der Waals surface area contributed by atoms with Crippen LogP contribution in [0, 0.1) is 11.6 Å². The standard InChI is InChI=1S/C33H30F6N8O2/c1-21(48)32(36,37)29-11-8-26(18-41-29)46-14-12-45(13-15-46)25-6-2-22(3-7-25)23-4-10-30(40-17-23)33(38,39)31(49,19-47-20-42-43-44-47)27-9-5-24(34)16-28(27)35/h2-11,16-18,20-21,48-49H,12-15,19H2,1H3/t21?,31-/m0/s1. The number of pyridine rings is 2. The molecule has 0 bridgehead atoms. The normalized spacial score (nSPS) is 16.0. The minimum absolute atomic E-state index is 0.401. The van der Waals surface area contributed by atoms with Gasteiger partial charge in [0.15, 0.2) is 5.60 Å². The van der Waals surface area contributed by atoms with Crippen LogP contribution in [0.25, 0.3) is 11.1 Å². The molecule has 2 atom stereocenters. The highest BCUT2D eigenvalue weighted by molar-refractivity contribution is 5.66. The topological polar surface area (TPSA) is 116 Å². The number of piperazine rings is 1.